The minimum absolute atomic E-state index is 0.0217. The number of sulfone groups is 1. The minimum atomic E-state index is -3.01. The number of aromatic nitrogens is 1. The van der Waals surface area contributed by atoms with Crippen molar-refractivity contribution in [3.63, 3.8) is 0 Å². The molecule has 0 bridgehead atoms. The number of rotatable bonds is 5. The predicted molar refractivity (Wildman–Crippen MR) is 105 cm³/mol. The Morgan fingerprint density at radius 3 is 2.54 bits per heavy atom. The number of thiazole rings is 1. The van der Waals surface area contributed by atoms with Crippen LogP contribution in [-0.4, -0.2) is 48.3 Å². The van der Waals surface area contributed by atoms with Gasteiger partial charge in [-0.2, -0.15) is 0 Å². The normalized spacial score (nSPS) is 18.8. The molecule has 0 spiro atoms. The molecule has 1 atom stereocenters. The molecule has 0 N–H and O–H groups in total. The molecule has 1 saturated heterocycles. The van der Waals surface area contributed by atoms with Crippen LogP contribution in [0.15, 0.2) is 24.3 Å². The molecule has 1 aliphatic rings. The second-order valence-electron chi connectivity index (χ2n) is 6.78. The van der Waals surface area contributed by atoms with Crippen LogP contribution >= 0.6 is 11.3 Å². The van der Waals surface area contributed by atoms with Crippen molar-refractivity contribution >= 4 is 27.1 Å². The number of amides is 1. The highest BCUT2D eigenvalue weighted by molar-refractivity contribution is 7.91. The summed E-state index contributed by atoms with van der Waals surface area (Å²) in [4.78, 5) is 20.2. The van der Waals surface area contributed by atoms with Crippen molar-refractivity contribution in [3.8, 4) is 11.3 Å². The van der Waals surface area contributed by atoms with Gasteiger partial charge in [0.25, 0.3) is 0 Å². The van der Waals surface area contributed by atoms with Gasteiger partial charge < -0.3 is 4.90 Å². The first-order chi connectivity index (χ1) is 12.3. The second kappa shape index (κ2) is 7.48. The van der Waals surface area contributed by atoms with Gasteiger partial charge in [-0.05, 0) is 27.2 Å². The monoisotopic (exact) mass is 392 g/mol. The molecular weight excluding hydrogens is 368 g/mol. The Hall–Kier alpha value is -1.73. The molecule has 0 saturated carbocycles. The number of benzene rings is 1. The summed E-state index contributed by atoms with van der Waals surface area (Å²) in [5.41, 5.74) is 3.04. The van der Waals surface area contributed by atoms with Crippen LogP contribution in [0.2, 0.25) is 0 Å². The quantitative estimate of drug-likeness (QED) is 0.784. The Morgan fingerprint density at radius 1 is 1.27 bits per heavy atom. The number of nitrogens with zero attached hydrogens (tertiary/aromatic N) is 2. The Morgan fingerprint density at radius 2 is 1.96 bits per heavy atom. The number of likely N-dealkylation sites (N-methyl/N-ethyl adjacent to an activating group) is 1. The van der Waals surface area contributed by atoms with Gasteiger partial charge in [-0.3, -0.25) is 4.79 Å². The van der Waals surface area contributed by atoms with Crippen molar-refractivity contribution in [3.05, 3.63) is 39.7 Å². The molecule has 1 unspecified atom stereocenters. The van der Waals surface area contributed by atoms with E-state index in [0.29, 0.717) is 13.0 Å². The molecule has 5 nitrogen and oxygen atoms in total. The van der Waals surface area contributed by atoms with Crippen LogP contribution in [-0.2, 0) is 21.1 Å². The van der Waals surface area contributed by atoms with E-state index in [9.17, 15) is 13.2 Å². The largest absolute Gasteiger partial charge is 0.339 e. The van der Waals surface area contributed by atoms with Crippen LogP contribution in [0.4, 0.5) is 0 Å². The molecule has 2 aromatic rings. The highest BCUT2D eigenvalue weighted by Crippen LogP contribution is 2.29. The zero-order valence-electron chi connectivity index (χ0n) is 15.4. The molecule has 1 aliphatic heterocycles. The summed E-state index contributed by atoms with van der Waals surface area (Å²) in [6.07, 6.45) is 0.799. The Balaban J connectivity index is 1.82. The van der Waals surface area contributed by atoms with Crippen molar-refractivity contribution in [1.29, 1.82) is 0 Å². The summed E-state index contributed by atoms with van der Waals surface area (Å²) in [5.74, 6) is 0.237. The van der Waals surface area contributed by atoms with E-state index < -0.39 is 9.84 Å². The van der Waals surface area contributed by atoms with E-state index >= 15 is 0 Å². The first kappa shape index (κ1) is 19.0. The van der Waals surface area contributed by atoms with Crippen molar-refractivity contribution < 1.29 is 13.2 Å². The maximum atomic E-state index is 12.9. The molecular formula is C19H24N2O3S2. The summed E-state index contributed by atoms with van der Waals surface area (Å²) >= 11 is 1.54. The third-order valence-electron chi connectivity index (χ3n) is 4.75. The molecule has 140 valence electrons. The number of aryl methyl sites for hydroxylation is 2. The fourth-order valence-corrected chi connectivity index (χ4v) is 6.10. The maximum absolute atomic E-state index is 12.9. The van der Waals surface area contributed by atoms with Crippen LogP contribution in [0.25, 0.3) is 11.3 Å². The lowest BCUT2D eigenvalue weighted by atomic mass is 10.1. The summed E-state index contributed by atoms with van der Waals surface area (Å²) < 4.78 is 23.5. The molecule has 1 aromatic heterocycles. The van der Waals surface area contributed by atoms with E-state index in [0.717, 1.165) is 21.1 Å². The molecule has 0 radical (unpaired) electrons. The van der Waals surface area contributed by atoms with Gasteiger partial charge in [0.2, 0.25) is 5.91 Å². The molecule has 0 aliphatic carbocycles. The van der Waals surface area contributed by atoms with Gasteiger partial charge in [0, 0.05) is 23.0 Å². The van der Waals surface area contributed by atoms with Crippen LogP contribution in [0.3, 0.4) is 0 Å². The number of carbonyl (C=O) groups is 1. The van der Waals surface area contributed by atoms with Gasteiger partial charge in [0.05, 0.1) is 28.6 Å². The third-order valence-corrected chi connectivity index (χ3v) is 7.47. The van der Waals surface area contributed by atoms with Crippen molar-refractivity contribution in [2.75, 3.05) is 18.1 Å². The summed E-state index contributed by atoms with van der Waals surface area (Å²) in [5, 5.41) is 0.926. The Bertz CT molecular complexity index is 901. The summed E-state index contributed by atoms with van der Waals surface area (Å²) in [7, 11) is -3.01. The Kier molecular flexibility index (Phi) is 5.48. The second-order valence-corrected chi connectivity index (χ2v) is 10.3. The molecule has 7 heteroatoms. The highest BCUT2D eigenvalue weighted by Gasteiger charge is 2.34. The standard InChI is InChI=1S/C19H24N2O3S2/c1-4-21(16-9-10-26(23,24)12-16)18(22)11-17-19(20-14(3)25-17)15-7-5-13(2)6-8-15/h5-8,16H,4,9-12H2,1-3H3. The first-order valence-electron chi connectivity index (χ1n) is 8.82. The van der Waals surface area contributed by atoms with Gasteiger partial charge in [-0.15, -0.1) is 11.3 Å². The molecule has 1 aromatic carbocycles. The van der Waals surface area contributed by atoms with E-state index in [1.54, 1.807) is 4.90 Å². The van der Waals surface area contributed by atoms with Crippen LogP contribution < -0.4 is 0 Å². The van der Waals surface area contributed by atoms with Gasteiger partial charge >= 0.3 is 0 Å². The van der Waals surface area contributed by atoms with E-state index in [1.165, 1.54) is 16.9 Å². The molecule has 26 heavy (non-hydrogen) atoms. The van der Waals surface area contributed by atoms with E-state index in [4.69, 9.17) is 0 Å². The number of carbonyl (C=O) groups excluding carboxylic acids is 1. The third kappa shape index (κ3) is 4.15. The number of hydrogen-bond acceptors (Lipinski definition) is 5. The fourth-order valence-electron chi connectivity index (χ4n) is 3.42. The fraction of sp³-hybridized carbons (Fsp3) is 0.474. The lowest BCUT2D eigenvalue weighted by molar-refractivity contribution is -0.132. The van der Waals surface area contributed by atoms with Crippen molar-refractivity contribution in [2.24, 2.45) is 0 Å². The molecule has 3 rings (SSSR count). The zero-order valence-corrected chi connectivity index (χ0v) is 17.0. The topological polar surface area (TPSA) is 67.3 Å². The van der Waals surface area contributed by atoms with E-state index in [1.807, 2.05) is 45.0 Å². The average molecular weight is 393 g/mol. The van der Waals surface area contributed by atoms with Crippen molar-refractivity contribution in [2.45, 2.75) is 39.7 Å². The van der Waals surface area contributed by atoms with Crippen LogP contribution in [0.1, 0.15) is 28.8 Å². The smallest absolute Gasteiger partial charge is 0.228 e. The lowest BCUT2D eigenvalue weighted by Crippen LogP contribution is -2.41. The Labute approximate surface area is 159 Å². The summed E-state index contributed by atoms with van der Waals surface area (Å²) in [6.45, 7) is 6.41. The van der Waals surface area contributed by atoms with Gasteiger partial charge in [-0.25, -0.2) is 13.4 Å². The average Bonchev–Trinajstić information content (AvgIpc) is 3.11. The predicted octanol–water partition coefficient (Wildman–Crippen LogP) is 3.01. The van der Waals surface area contributed by atoms with Crippen LogP contribution in [0, 0.1) is 13.8 Å². The molecule has 1 fully saturated rings. The van der Waals surface area contributed by atoms with Gasteiger partial charge in [0.15, 0.2) is 9.84 Å². The maximum Gasteiger partial charge on any atom is 0.228 e. The lowest BCUT2D eigenvalue weighted by Gasteiger charge is -2.26. The molecule has 1 amide bonds. The zero-order chi connectivity index (χ0) is 18.9. The van der Waals surface area contributed by atoms with E-state index in [-0.39, 0.29) is 29.9 Å². The van der Waals surface area contributed by atoms with Crippen molar-refractivity contribution in [1.82, 2.24) is 9.88 Å². The van der Waals surface area contributed by atoms with Gasteiger partial charge in [0.1, 0.15) is 0 Å². The van der Waals surface area contributed by atoms with Gasteiger partial charge in [-0.1, -0.05) is 29.8 Å². The van der Waals surface area contributed by atoms with E-state index in [2.05, 4.69) is 4.98 Å². The van der Waals surface area contributed by atoms with Crippen LogP contribution in [0.5, 0.6) is 0 Å². The highest BCUT2D eigenvalue weighted by atomic mass is 32.2. The minimum Gasteiger partial charge on any atom is -0.339 e. The number of hydrogen-bond donors (Lipinski definition) is 0. The SMILES string of the molecule is CCN(C(=O)Cc1sc(C)nc1-c1ccc(C)cc1)C1CCS(=O)(=O)C1. The summed E-state index contributed by atoms with van der Waals surface area (Å²) in [6, 6.07) is 7.93. The first-order valence-corrected chi connectivity index (χ1v) is 11.5. The molecule has 2 heterocycles.